The molecule has 2 aromatic carbocycles. The predicted molar refractivity (Wildman–Crippen MR) is 101 cm³/mol. The Hall–Kier alpha value is -3.22. The SMILES string of the molecule is COc1ccccc1NC(=O)C(C)(C)C(=O)Nc1ccc2c(c1)OCCO2. The molecule has 0 fully saturated rings. The average Bonchev–Trinajstić information content (AvgIpc) is 2.68. The van der Waals surface area contributed by atoms with Crippen LogP contribution in [0, 0.1) is 5.41 Å². The zero-order valence-corrected chi connectivity index (χ0v) is 15.5. The van der Waals surface area contributed by atoms with Crippen molar-refractivity contribution in [1.29, 1.82) is 0 Å². The summed E-state index contributed by atoms with van der Waals surface area (Å²) in [7, 11) is 1.52. The van der Waals surface area contributed by atoms with E-state index >= 15 is 0 Å². The lowest BCUT2D eigenvalue weighted by atomic mass is 9.90. The summed E-state index contributed by atoms with van der Waals surface area (Å²) in [5.41, 5.74) is -0.277. The smallest absolute Gasteiger partial charge is 0.239 e. The number of fused-ring (bicyclic) bond motifs is 1. The largest absolute Gasteiger partial charge is 0.495 e. The van der Waals surface area contributed by atoms with Crippen LogP contribution in [0.1, 0.15) is 13.8 Å². The molecule has 0 radical (unpaired) electrons. The zero-order valence-electron chi connectivity index (χ0n) is 15.5. The van der Waals surface area contributed by atoms with Gasteiger partial charge in [-0.2, -0.15) is 0 Å². The maximum atomic E-state index is 12.7. The first-order valence-electron chi connectivity index (χ1n) is 8.57. The van der Waals surface area contributed by atoms with Gasteiger partial charge in [0.2, 0.25) is 11.8 Å². The van der Waals surface area contributed by atoms with E-state index in [0.29, 0.717) is 41.8 Å². The molecular weight excluding hydrogens is 348 g/mol. The second-order valence-electron chi connectivity index (χ2n) is 6.59. The lowest BCUT2D eigenvalue weighted by molar-refractivity contribution is -0.135. The molecule has 0 aromatic heterocycles. The lowest BCUT2D eigenvalue weighted by Gasteiger charge is -2.24. The number of carbonyl (C=O) groups is 2. The van der Waals surface area contributed by atoms with Crippen LogP contribution in [0.3, 0.4) is 0 Å². The Balaban J connectivity index is 1.72. The van der Waals surface area contributed by atoms with Crippen LogP contribution in [0.25, 0.3) is 0 Å². The molecule has 3 rings (SSSR count). The van der Waals surface area contributed by atoms with E-state index in [4.69, 9.17) is 14.2 Å². The molecule has 0 spiro atoms. The van der Waals surface area contributed by atoms with Crippen LogP contribution in [-0.4, -0.2) is 32.1 Å². The van der Waals surface area contributed by atoms with Crippen LogP contribution < -0.4 is 24.8 Å². The molecule has 7 nitrogen and oxygen atoms in total. The van der Waals surface area contributed by atoms with Gasteiger partial charge in [0.1, 0.15) is 24.4 Å². The van der Waals surface area contributed by atoms with Gasteiger partial charge in [-0.25, -0.2) is 0 Å². The number of rotatable bonds is 5. The maximum Gasteiger partial charge on any atom is 0.239 e. The highest BCUT2D eigenvalue weighted by molar-refractivity contribution is 6.14. The molecule has 0 bridgehead atoms. The molecule has 142 valence electrons. The number of methoxy groups -OCH3 is 1. The minimum absolute atomic E-state index is 0.438. The summed E-state index contributed by atoms with van der Waals surface area (Å²) in [6.07, 6.45) is 0. The van der Waals surface area contributed by atoms with Gasteiger partial charge >= 0.3 is 0 Å². The van der Waals surface area contributed by atoms with E-state index in [2.05, 4.69) is 10.6 Å². The third-order valence-corrected chi connectivity index (χ3v) is 4.29. The molecule has 7 heteroatoms. The number of hydrogen-bond acceptors (Lipinski definition) is 5. The van der Waals surface area contributed by atoms with Crippen LogP contribution in [0.2, 0.25) is 0 Å². The lowest BCUT2D eigenvalue weighted by Crippen LogP contribution is -2.41. The number of ether oxygens (including phenoxy) is 3. The normalized spacial score (nSPS) is 12.9. The van der Waals surface area contributed by atoms with Crippen molar-refractivity contribution in [3.63, 3.8) is 0 Å². The summed E-state index contributed by atoms with van der Waals surface area (Å²) in [5.74, 6) is 0.838. The second kappa shape index (κ2) is 7.57. The summed E-state index contributed by atoms with van der Waals surface area (Å²) >= 11 is 0. The van der Waals surface area contributed by atoms with Crippen LogP contribution in [0.15, 0.2) is 42.5 Å². The first-order chi connectivity index (χ1) is 12.9. The van der Waals surface area contributed by atoms with Gasteiger partial charge in [0.25, 0.3) is 0 Å². The summed E-state index contributed by atoms with van der Waals surface area (Å²) in [5, 5.41) is 5.51. The highest BCUT2D eigenvalue weighted by Crippen LogP contribution is 2.33. The number of anilines is 2. The first-order valence-corrected chi connectivity index (χ1v) is 8.57. The molecule has 0 aliphatic carbocycles. The third-order valence-electron chi connectivity index (χ3n) is 4.29. The van der Waals surface area contributed by atoms with Gasteiger partial charge in [0, 0.05) is 11.8 Å². The summed E-state index contributed by atoms with van der Waals surface area (Å²) in [4.78, 5) is 25.4. The fourth-order valence-corrected chi connectivity index (χ4v) is 2.54. The van der Waals surface area contributed by atoms with E-state index in [0.717, 1.165) is 0 Å². The van der Waals surface area contributed by atoms with E-state index in [1.807, 2.05) is 0 Å². The molecule has 2 amide bonds. The standard InChI is InChI=1S/C20H22N2O5/c1-20(2,19(24)22-14-6-4-5-7-15(14)25-3)18(23)21-13-8-9-16-17(12-13)27-11-10-26-16/h4-9,12H,10-11H2,1-3H3,(H,21,23)(H,22,24). The Bertz CT molecular complexity index is 863. The van der Waals surface area contributed by atoms with Crippen molar-refractivity contribution in [1.82, 2.24) is 0 Å². The van der Waals surface area contributed by atoms with Crippen molar-refractivity contribution >= 4 is 23.2 Å². The van der Waals surface area contributed by atoms with Crippen molar-refractivity contribution in [3.05, 3.63) is 42.5 Å². The Labute approximate surface area is 157 Å². The fourth-order valence-electron chi connectivity index (χ4n) is 2.54. The molecule has 2 N–H and O–H groups in total. The monoisotopic (exact) mass is 370 g/mol. The molecule has 0 saturated carbocycles. The Morgan fingerprint density at radius 2 is 1.63 bits per heavy atom. The molecule has 0 unspecified atom stereocenters. The summed E-state index contributed by atoms with van der Waals surface area (Å²) in [6, 6.07) is 12.1. The van der Waals surface area contributed by atoms with E-state index in [1.54, 1.807) is 56.3 Å². The van der Waals surface area contributed by atoms with Crippen molar-refractivity contribution < 1.29 is 23.8 Å². The van der Waals surface area contributed by atoms with Crippen molar-refractivity contribution in [3.8, 4) is 17.2 Å². The molecule has 0 atom stereocenters. The van der Waals surface area contributed by atoms with Crippen molar-refractivity contribution in [2.45, 2.75) is 13.8 Å². The van der Waals surface area contributed by atoms with E-state index in [-0.39, 0.29) is 0 Å². The molecular formula is C20H22N2O5. The van der Waals surface area contributed by atoms with Crippen LogP contribution in [-0.2, 0) is 9.59 Å². The third kappa shape index (κ3) is 3.97. The second-order valence-corrected chi connectivity index (χ2v) is 6.59. The van der Waals surface area contributed by atoms with Crippen LogP contribution in [0.4, 0.5) is 11.4 Å². The van der Waals surface area contributed by atoms with Gasteiger partial charge in [0.05, 0.1) is 12.8 Å². The minimum Gasteiger partial charge on any atom is -0.495 e. The quantitative estimate of drug-likeness (QED) is 0.790. The number of carbonyl (C=O) groups excluding carboxylic acids is 2. The molecule has 1 aliphatic heterocycles. The minimum atomic E-state index is -1.31. The van der Waals surface area contributed by atoms with Crippen molar-refractivity contribution in [2.24, 2.45) is 5.41 Å². The highest BCUT2D eigenvalue weighted by Gasteiger charge is 2.36. The number of amides is 2. The van der Waals surface area contributed by atoms with E-state index in [1.165, 1.54) is 7.11 Å². The summed E-state index contributed by atoms with van der Waals surface area (Å²) < 4.78 is 16.2. The number of nitrogens with one attached hydrogen (secondary N) is 2. The predicted octanol–water partition coefficient (Wildman–Crippen LogP) is 3.07. The Kier molecular flexibility index (Phi) is 5.21. The maximum absolute atomic E-state index is 12.7. The van der Waals surface area contributed by atoms with Gasteiger partial charge in [-0.15, -0.1) is 0 Å². The highest BCUT2D eigenvalue weighted by atomic mass is 16.6. The molecule has 2 aromatic rings. The van der Waals surface area contributed by atoms with Gasteiger partial charge in [-0.1, -0.05) is 12.1 Å². The van der Waals surface area contributed by atoms with Gasteiger partial charge in [-0.3, -0.25) is 9.59 Å². The van der Waals surface area contributed by atoms with Gasteiger partial charge < -0.3 is 24.8 Å². The number of benzene rings is 2. The fraction of sp³-hybridized carbons (Fsp3) is 0.300. The number of hydrogen-bond donors (Lipinski definition) is 2. The number of para-hydroxylation sites is 2. The molecule has 1 heterocycles. The summed E-state index contributed by atoms with van der Waals surface area (Å²) in [6.45, 7) is 4.07. The first kappa shape index (κ1) is 18.6. The topological polar surface area (TPSA) is 85.9 Å². The zero-order chi connectivity index (χ0) is 19.4. The van der Waals surface area contributed by atoms with E-state index in [9.17, 15) is 9.59 Å². The molecule has 0 saturated heterocycles. The Morgan fingerprint density at radius 3 is 2.37 bits per heavy atom. The Morgan fingerprint density at radius 1 is 0.963 bits per heavy atom. The van der Waals surface area contributed by atoms with E-state index < -0.39 is 17.2 Å². The van der Waals surface area contributed by atoms with Crippen LogP contribution >= 0.6 is 0 Å². The van der Waals surface area contributed by atoms with Crippen molar-refractivity contribution in [2.75, 3.05) is 31.0 Å². The average molecular weight is 370 g/mol. The van der Waals surface area contributed by atoms with Crippen LogP contribution in [0.5, 0.6) is 17.2 Å². The molecule has 1 aliphatic rings. The molecule has 27 heavy (non-hydrogen) atoms. The van der Waals surface area contributed by atoms with Gasteiger partial charge in [0.15, 0.2) is 11.5 Å². The van der Waals surface area contributed by atoms with Gasteiger partial charge in [-0.05, 0) is 38.1 Å².